The molecule has 4 rings (SSSR count). The molecule has 2 N–H and O–H groups in total. The number of aromatic hydroxyl groups is 2. The minimum absolute atomic E-state index is 0.00761. The van der Waals surface area contributed by atoms with Gasteiger partial charge in [0, 0.05) is 23.5 Å². The van der Waals surface area contributed by atoms with Gasteiger partial charge in [-0.1, -0.05) is 60.1 Å². The Kier molecular flexibility index (Phi) is 6.10. The molecule has 0 saturated heterocycles. The van der Waals surface area contributed by atoms with E-state index in [4.69, 9.17) is 11.6 Å². The van der Waals surface area contributed by atoms with Crippen molar-refractivity contribution in [1.29, 1.82) is 0 Å². The molecule has 0 unspecified atom stereocenters. The van der Waals surface area contributed by atoms with Crippen LogP contribution in [0.15, 0.2) is 85.1 Å². The van der Waals surface area contributed by atoms with E-state index >= 15 is 0 Å². The fourth-order valence-corrected chi connectivity index (χ4v) is 3.66. The summed E-state index contributed by atoms with van der Waals surface area (Å²) in [6.45, 7) is 2.29. The highest BCUT2D eigenvalue weighted by Gasteiger charge is 2.23. The number of halogens is 1. The van der Waals surface area contributed by atoms with Crippen molar-refractivity contribution in [3.8, 4) is 22.8 Å². The predicted molar refractivity (Wildman–Crippen MR) is 126 cm³/mol. The number of hydrogen-bond acceptors (Lipinski definition) is 4. The Morgan fingerprint density at radius 2 is 1.66 bits per heavy atom. The summed E-state index contributed by atoms with van der Waals surface area (Å²) < 4.78 is 0. The van der Waals surface area contributed by atoms with Gasteiger partial charge in [-0.05, 0) is 42.3 Å². The van der Waals surface area contributed by atoms with Crippen molar-refractivity contribution < 1.29 is 15.0 Å². The van der Waals surface area contributed by atoms with Gasteiger partial charge in [-0.15, -0.1) is 0 Å². The molecular weight excluding hydrogens is 424 g/mol. The standard InChI is InChI=1S/C26H21ClN2O3/c1-17-6-5-13-28-25(17)19-9-11-20(12-10-19)29(16-18-7-3-2-4-8-18)26(32)21-14-22(27)24(31)15-23(21)30/h2-15,30-31H,16H2,1H3. The van der Waals surface area contributed by atoms with Gasteiger partial charge in [0.15, 0.2) is 0 Å². The Morgan fingerprint density at radius 3 is 2.34 bits per heavy atom. The topological polar surface area (TPSA) is 73.7 Å². The number of aromatic nitrogens is 1. The van der Waals surface area contributed by atoms with Crippen molar-refractivity contribution in [2.45, 2.75) is 13.5 Å². The van der Waals surface area contributed by atoms with Crippen LogP contribution in [-0.4, -0.2) is 21.1 Å². The van der Waals surface area contributed by atoms with Crippen LogP contribution in [0.5, 0.6) is 11.5 Å². The van der Waals surface area contributed by atoms with Crippen LogP contribution in [0, 0.1) is 6.92 Å². The largest absolute Gasteiger partial charge is 0.507 e. The highest BCUT2D eigenvalue weighted by molar-refractivity contribution is 6.32. The monoisotopic (exact) mass is 444 g/mol. The zero-order chi connectivity index (χ0) is 22.7. The first-order valence-electron chi connectivity index (χ1n) is 10.0. The van der Waals surface area contributed by atoms with Crippen LogP contribution in [0.25, 0.3) is 11.3 Å². The van der Waals surface area contributed by atoms with Gasteiger partial charge < -0.3 is 15.1 Å². The lowest BCUT2D eigenvalue weighted by atomic mass is 10.1. The van der Waals surface area contributed by atoms with Crippen LogP contribution in [-0.2, 0) is 6.54 Å². The van der Waals surface area contributed by atoms with Gasteiger partial charge in [-0.3, -0.25) is 9.78 Å². The Bertz CT molecular complexity index is 1260. The second kappa shape index (κ2) is 9.12. The summed E-state index contributed by atoms with van der Waals surface area (Å²) in [5.41, 5.74) is 4.46. The highest BCUT2D eigenvalue weighted by atomic mass is 35.5. The van der Waals surface area contributed by atoms with E-state index in [-0.39, 0.29) is 22.1 Å². The maximum absolute atomic E-state index is 13.5. The molecule has 1 amide bonds. The lowest BCUT2D eigenvalue weighted by Crippen LogP contribution is -2.30. The fraction of sp³-hybridized carbons (Fsp3) is 0.0769. The number of anilines is 1. The molecule has 0 aliphatic carbocycles. The molecule has 3 aromatic carbocycles. The number of phenols is 2. The van der Waals surface area contributed by atoms with E-state index in [0.29, 0.717) is 12.2 Å². The van der Waals surface area contributed by atoms with Gasteiger partial charge in [-0.2, -0.15) is 0 Å². The van der Waals surface area contributed by atoms with Crippen LogP contribution in [0.2, 0.25) is 5.02 Å². The third-order valence-electron chi connectivity index (χ3n) is 5.19. The normalized spacial score (nSPS) is 10.7. The fourth-order valence-electron chi connectivity index (χ4n) is 3.50. The zero-order valence-electron chi connectivity index (χ0n) is 17.4. The maximum Gasteiger partial charge on any atom is 0.262 e. The molecule has 1 heterocycles. The Balaban J connectivity index is 1.74. The number of pyridine rings is 1. The molecule has 0 radical (unpaired) electrons. The minimum Gasteiger partial charge on any atom is -0.507 e. The molecule has 4 aromatic rings. The molecule has 0 saturated carbocycles. The van der Waals surface area contributed by atoms with Gasteiger partial charge in [-0.25, -0.2) is 0 Å². The molecule has 0 bridgehead atoms. The second-order valence-electron chi connectivity index (χ2n) is 7.41. The summed E-state index contributed by atoms with van der Waals surface area (Å²) >= 11 is 6.01. The molecule has 0 fully saturated rings. The number of rotatable bonds is 5. The molecular formula is C26H21ClN2O3. The van der Waals surface area contributed by atoms with Crippen LogP contribution < -0.4 is 4.90 Å². The second-order valence-corrected chi connectivity index (χ2v) is 7.82. The van der Waals surface area contributed by atoms with Crippen LogP contribution in [0.1, 0.15) is 21.5 Å². The lowest BCUT2D eigenvalue weighted by Gasteiger charge is -2.24. The molecule has 5 nitrogen and oxygen atoms in total. The number of hydrogen-bond donors (Lipinski definition) is 2. The third kappa shape index (κ3) is 4.43. The summed E-state index contributed by atoms with van der Waals surface area (Å²) in [4.78, 5) is 19.5. The van der Waals surface area contributed by atoms with Crippen molar-refractivity contribution in [2.75, 3.05) is 4.90 Å². The number of aryl methyl sites for hydroxylation is 1. The number of nitrogens with zero attached hydrogens (tertiary/aromatic N) is 2. The number of carbonyl (C=O) groups excluding carboxylic acids is 1. The Labute approximate surface area is 191 Å². The van der Waals surface area contributed by atoms with Crippen molar-refractivity contribution in [1.82, 2.24) is 4.98 Å². The Morgan fingerprint density at radius 1 is 0.938 bits per heavy atom. The van der Waals surface area contributed by atoms with Gasteiger partial charge in [0.2, 0.25) is 0 Å². The quantitative estimate of drug-likeness (QED) is 0.397. The van der Waals surface area contributed by atoms with E-state index in [1.807, 2.05) is 73.7 Å². The Hall–Kier alpha value is -3.83. The third-order valence-corrected chi connectivity index (χ3v) is 5.49. The van der Waals surface area contributed by atoms with E-state index in [9.17, 15) is 15.0 Å². The number of carbonyl (C=O) groups is 1. The maximum atomic E-state index is 13.5. The molecule has 0 aliphatic heterocycles. The minimum atomic E-state index is -0.435. The van der Waals surface area contributed by atoms with E-state index in [2.05, 4.69) is 4.98 Å². The first kappa shape index (κ1) is 21.4. The summed E-state index contributed by atoms with van der Waals surface area (Å²) in [5.74, 6) is -1.06. The summed E-state index contributed by atoms with van der Waals surface area (Å²) in [6, 6.07) is 23.3. The van der Waals surface area contributed by atoms with Crippen molar-refractivity contribution in [3.63, 3.8) is 0 Å². The number of amides is 1. The summed E-state index contributed by atoms with van der Waals surface area (Å²) in [5, 5.41) is 20.0. The number of benzene rings is 3. The molecule has 0 spiro atoms. The van der Waals surface area contributed by atoms with Crippen LogP contribution in [0.3, 0.4) is 0 Å². The molecule has 1 aromatic heterocycles. The number of phenolic OH excluding ortho intramolecular Hbond substituents is 2. The summed E-state index contributed by atoms with van der Waals surface area (Å²) in [6.07, 6.45) is 1.75. The average Bonchev–Trinajstić information content (AvgIpc) is 2.81. The van der Waals surface area contributed by atoms with Gasteiger partial charge in [0.1, 0.15) is 11.5 Å². The molecule has 6 heteroatoms. The van der Waals surface area contributed by atoms with Crippen LogP contribution >= 0.6 is 11.6 Å². The summed E-state index contributed by atoms with van der Waals surface area (Å²) in [7, 11) is 0. The molecule has 0 atom stereocenters. The van der Waals surface area contributed by atoms with E-state index in [1.165, 1.54) is 6.07 Å². The van der Waals surface area contributed by atoms with E-state index in [1.54, 1.807) is 11.1 Å². The molecule has 0 aliphatic rings. The SMILES string of the molecule is Cc1cccnc1-c1ccc(N(Cc2ccccc2)C(=O)c2cc(Cl)c(O)cc2O)cc1. The van der Waals surface area contributed by atoms with E-state index < -0.39 is 5.91 Å². The van der Waals surface area contributed by atoms with Crippen molar-refractivity contribution >= 4 is 23.2 Å². The van der Waals surface area contributed by atoms with Gasteiger partial charge >= 0.3 is 0 Å². The first-order chi connectivity index (χ1) is 15.4. The zero-order valence-corrected chi connectivity index (χ0v) is 18.1. The lowest BCUT2D eigenvalue weighted by molar-refractivity contribution is 0.0982. The highest BCUT2D eigenvalue weighted by Crippen LogP contribution is 2.33. The van der Waals surface area contributed by atoms with Crippen molar-refractivity contribution in [3.05, 3.63) is 107 Å². The molecule has 160 valence electrons. The van der Waals surface area contributed by atoms with Gasteiger partial charge in [0.25, 0.3) is 5.91 Å². The van der Waals surface area contributed by atoms with Gasteiger partial charge in [0.05, 0.1) is 22.8 Å². The predicted octanol–water partition coefficient (Wildman–Crippen LogP) is 5.97. The van der Waals surface area contributed by atoms with Crippen molar-refractivity contribution in [2.24, 2.45) is 0 Å². The van der Waals surface area contributed by atoms with Crippen LogP contribution in [0.4, 0.5) is 5.69 Å². The smallest absolute Gasteiger partial charge is 0.262 e. The molecule has 32 heavy (non-hydrogen) atoms. The first-order valence-corrected chi connectivity index (χ1v) is 10.4. The average molecular weight is 445 g/mol. The van der Waals surface area contributed by atoms with E-state index in [0.717, 1.165) is 28.5 Å².